The Kier molecular flexibility index (Phi) is 8.32. The molecule has 0 heterocycles. The molecule has 0 spiro atoms. The third-order valence-corrected chi connectivity index (χ3v) is 3.29. The maximum atomic E-state index is 14.4. The Morgan fingerprint density at radius 3 is 2.33 bits per heavy atom. The van der Waals surface area contributed by atoms with E-state index >= 15 is 0 Å². The molecule has 1 aromatic rings. The molecule has 0 fully saturated rings. The van der Waals surface area contributed by atoms with Crippen molar-refractivity contribution in [3.63, 3.8) is 0 Å². The average Bonchev–Trinajstić information content (AvgIpc) is 2.55. The number of rotatable bonds is 10. The van der Waals surface area contributed by atoms with Gasteiger partial charge in [-0.05, 0) is 25.8 Å². The van der Waals surface area contributed by atoms with Crippen LogP contribution in [0, 0.1) is 0 Å². The molecule has 5 nitrogen and oxygen atoms in total. The second-order valence-electron chi connectivity index (χ2n) is 5.09. The zero-order valence-electron chi connectivity index (χ0n) is 13.9. The largest absolute Gasteiger partial charge is 0.466 e. The lowest BCUT2D eigenvalue weighted by Gasteiger charge is -2.26. The third kappa shape index (κ3) is 6.23. The van der Waals surface area contributed by atoms with Gasteiger partial charge in [-0.25, -0.2) is 4.79 Å². The van der Waals surface area contributed by atoms with Crippen LogP contribution < -0.4 is 5.32 Å². The van der Waals surface area contributed by atoms with E-state index in [0.717, 1.165) is 0 Å². The molecule has 1 N–H and O–H groups in total. The molecule has 1 atom stereocenters. The van der Waals surface area contributed by atoms with E-state index in [0.29, 0.717) is 5.56 Å². The van der Waals surface area contributed by atoms with Gasteiger partial charge in [-0.2, -0.15) is 8.78 Å². The highest BCUT2D eigenvalue weighted by molar-refractivity contribution is 5.78. The fraction of sp³-hybridized carbons (Fsp3) is 0.529. The van der Waals surface area contributed by atoms with Gasteiger partial charge in [-0.1, -0.05) is 30.3 Å². The van der Waals surface area contributed by atoms with Gasteiger partial charge in [0.15, 0.2) is 0 Å². The van der Waals surface area contributed by atoms with Crippen LogP contribution >= 0.6 is 0 Å². The van der Waals surface area contributed by atoms with Gasteiger partial charge in [0.25, 0.3) is 0 Å². The predicted molar refractivity (Wildman–Crippen MR) is 84.8 cm³/mol. The van der Waals surface area contributed by atoms with E-state index < -0.39 is 23.9 Å². The highest BCUT2D eigenvalue weighted by Gasteiger charge is 2.48. The summed E-state index contributed by atoms with van der Waals surface area (Å²) in [6.45, 7) is 3.21. The normalized spacial score (nSPS) is 12.5. The number of ether oxygens (including phenoxy) is 2. The van der Waals surface area contributed by atoms with Crippen molar-refractivity contribution in [2.45, 2.75) is 38.7 Å². The summed E-state index contributed by atoms with van der Waals surface area (Å²) in [6, 6.07) is 7.15. The van der Waals surface area contributed by atoms with Crippen LogP contribution in [0.1, 0.15) is 25.8 Å². The van der Waals surface area contributed by atoms with E-state index in [4.69, 9.17) is 4.74 Å². The molecule has 24 heavy (non-hydrogen) atoms. The highest BCUT2D eigenvalue weighted by Crippen LogP contribution is 2.24. The van der Waals surface area contributed by atoms with Crippen molar-refractivity contribution < 1.29 is 27.8 Å². The Morgan fingerprint density at radius 1 is 1.12 bits per heavy atom. The number of carbonyl (C=O) groups excluding carboxylic acids is 2. The lowest BCUT2D eigenvalue weighted by molar-refractivity contribution is -0.175. The SMILES string of the molecule is CCOC(=O)CCNC(Cc1ccccc1)C(F)(F)C(=O)OCC. The van der Waals surface area contributed by atoms with Crippen molar-refractivity contribution >= 4 is 11.9 Å². The molecule has 1 aromatic carbocycles. The van der Waals surface area contributed by atoms with Gasteiger partial charge in [0.05, 0.1) is 25.7 Å². The minimum Gasteiger partial charge on any atom is -0.466 e. The van der Waals surface area contributed by atoms with Crippen molar-refractivity contribution in [3.8, 4) is 0 Å². The minimum atomic E-state index is -3.71. The molecule has 0 aromatic heterocycles. The van der Waals surface area contributed by atoms with Crippen molar-refractivity contribution in [2.75, 3.05) is 19.8 Å². The standard InChI is InChI=1S/C17H23F2NO4/c1-3-23-15(21)10-11-20-14(12-13-8-6-5-7-9-13)17(18,19)16(22)24-4-2/h5-9,14,20H,3-4,10-12H2,1-2H3. The number of halogens is 2. The molecule has 7 heteroatoms. The summed E-state index contributed by atoms with van der Waals surface area (Å²) in [5.41, 5.74) is 0.648. The smallest absolute Gasteiger partial charge is 0.378 e. The summed E-state index contributed by atoms with van der Waals surface area (Å²) in [5, 5.41) is 2.59. The first-order valence-corrected chi connectivity index (χ1v) is 7.89. The average molecular weight is 343 g/mol. The minimum absolute atomic E-state index is 0.0225. The molecule has 0 aliphatic carbocycles. The van der Waals surface area contributed by atoms with Crippen molar-refractivity contribution in [1.82, 2.24) is 5.32 Å². The van der Waals surface area contributed by atoms with Crippen LogP contribution in [0.5, 0.6) is 0 Å². The number of hydrogen-bond donors (Lipinski definition) is 1. The molecule has 134 valence electrons. The Labute approximate surface area is 140 Å². The van der Waals surface area contributed by atoms with E-state index in [1.54, 1.807) is 37.3 Å². The Morgan fingerprint density at radius 2 is 1.75 bits per heavy atom. The molecule has 0 aliphatic heterocycles. The number of esters is 2. The van der Waals surface area contributed by atoms with Crippen LogP contribution in [0.25, 0.3) is 0 Å². The predicted octanol–water partition coefficient (Wildman–Crippen LogP) is 2.34. The second-order valence-corrected chi connectivity index (χ2v) is 5.09. The van der Waals surface area contributed by atoms with Crippen LogP contribution in [0.4, 0.5) is 8.78 Å². The molecule has 1 unspecified atom stereocenters. The number of benzene rings is 1. The second kappa shape index (κ2) is 9.97. The number of nitrogens with one attached hydrogen (secondary N) is 1. The van der Waals surface area contributed by atoms with E-state index in [1.165, 1.54) is 6.92 Å². The van der Waals surface area contributed by atoms with E-state index in [-0.39, 0.29) is 32.6 Å². The topological polar surface area (TPSA) is 64.6 Å². The van der Waals surface area contributed by atoms with Crippen molar-refractivity contribution in [3.05, 3.63) is 35.9 Å². The molecule has 0 amide bonds. The number of hydrogen-bond acceptors (Lipinski definition) is 5. The first-order valence-electron chi connectivity index (χ1n) is 7.89. The lowest BCUT2D eigenvalue weighted by atomic mass is 10.00. The maximum Gasteiger partial charge on any atom is 0.378 e. The zero-order chi connectivity index (χ0) is 18.0. The summed E-state index contributed by atoms with van der Waals surface area (Å²) in [5.74, 6) is -5.77. The summed E-state index contributed by atoms with van der Waals surface area (Å²) >= 11 is 0. The highest BCUT2D eigenvalue weighted by atomic mass is 19.3. The van der Waals surface area contributed by atoms with Gasteiger partial charge in [0, 0.05) is 6.54 Å². The molecule has 0 saturated carbocycles. The summed E-state index contributed by atoms with van der Waals surface area (Å²) < 4.78 is 38.0. The third-order valence-electron chi connectivity index (χ3n) is 3.29. The van der Waals surface area contributed by atoms with Crippen LogP contribution in [0.3, 0.4) is 0 Å². The molecular weight excluding hydrogens is 320 g/mol. The molecule has 0 radical (unpaired) electrons. The fourth-order valence-corrected chi connectivity index (χ4v) is 2.13. The first-order chi connectivity index (χ1) is 11.4. The Hall–Kier alpha value is -2.02. The fourth-order valence-electron chi connectivity index (χ4n) is 2.13. The lowest BCUT2D eigenvalue weighted by Crippen LogP contribution is -2.52. The van der Waals surface area contributed by atoms with Crippen LogP contribution in [-0.4, -0.2) is 43.7 Å². The van der Waals surface area contributed by atoms with Gasteiger partial charge in [0.1, 0.15) is 0 Å². The van der Waals surface area contributed by atoms with Crippen LogP contribution in [0.15, 0.2) is 30.3 Å². The molecule has 0 saturated heterocycles. The summed E-state index contributed by atoms with van der Waals surface area (Å²) in [7, 11) is 0. The van der Waals surface area contributed by atoms with Crippen molar-refractivity contribution in [2.24, 2.45) is 0 Å². The van der Waals surface area contributed by atoms with E-state index in [9.17, 15) is 18.4 Å². The molecule has 0 bridgehead atoms. The monoisotopic (exact) mass is 343 g/mol. The van der Waals surface area contributed by atoms with E-state index in [2.05, 4.69) is 10.1 Å². The van der Waals surface area contributed by atoms with Crippen molar-refractivity contribution in [1.29, 1.82) is 0 Å². The maximum absolute atomic E-state index is 14.4. The van der Waals surface area contributed by atoms with Gasteiger partial charge >= 0.3 is 17.9 Å². The van der Waals surface area contributed by atoms with Gasteiger partial charge < -0.3 is 14.8 Å². The number of alkyl halides is 2. The molecule has 1 rings (SSSR count). The Bertz CT molecular complexity index is 523. The first kappa shape index (κ1) is 20.0. The van der Waals surface area contributed by atoms with Crippen LogP contribution in [-0.2, 0) is 25.5 Å². The summed E-state index contributed by atoms with van der Waals surface area (Å²) in [6.07, 6.45) is -0.131. The van der Waals surface area contributed by atoms with Gasteiger partial charge in [0.2, 0.25) is 0 Å². The molecular formula is C17H23F2NO4. The molecule has 0 aliphatic rings. The summed E-state index contributed by atoms with van der Waals surface area (Å²) in [4.78, 5) is 22.9. The Balaban J connectivity index is 2.78. The van der Waals surface area contributed by atoms with Gasteiger partial charge in [-0.15, -0.1) is 0 Å². The zero-order valence-corrected chi connectivity index (χ0v) is 13.9. The number of carbonyl (C=O) groups is 2. The van der Waals surface area contributed by atoms with Crippen LogP contribution in [0.2, 0.25) is 0 Å². The van der Waals surface area contributed by atoms with E-state index in [1.807, 2.05) is 0 Å². The quantitative estimate of drug-likeness (QED) is 0.661. The van der Waals surface area contributed by atoms with Gasteiger partial charge in [-0.3, -0.25) is 4.79 Å².